The van der Waals surface area contributed by atoms with Crippen LogP contribution in [0, 0.1) is 0 Å². The molecule has 22 heavy (non-hydrogen) atoms. The zero-order chi connectivity index (χ0) is 14.9. The molecule has 1 fully saturated rings. The van der Waals surface area contributed by atoms with Crippen LogP contribution in [0.2, 0.25) is 0 Å². The summed E-state index contributed by atoms with van der Waals surface area (Å²) in [5.41, 5.74) is 1.84. The van der Waals surface area contributed by atoms with Gasteiger partial charge in [0.25, 0.3) is 5.91 Å². The number of pyridine rings is 1. The van der Waals surface area contributed by atoms with E-state index in [1.165, 1.54) is 0 Å². The molecule has 1 aliphatic carbocycles. The van der Waals surface area contributed by atoms with Gasteiger partial charge in [-0.25, -0.2) is 0 Å². The second-order valence-corrected chi connectivity index (χ2v) is 5.67. The Morgan fingerprint density at radius 3 is 2.68 bits per heavy atom. The standard InChI is InChI=1S/C18H16N2O2/c21-18(17-11-14-3-1-2-4-16(14)22-17)20(15-5-6-15)12-13-7-9-19-10-8-13/h1-4,7-11,15H,5-6,12H2. The van der Waals surface area contributed by atoms with E-state index in [0.29, 0.717) is 18.3 Å². The summed E-state index contributed by atoms with van der Waals surface area (Å²) in [6.45, 7) is 0.600. The van der Waals surface area contributed by atoms with Gasteiger partial charge in [0, 0.05) is 30.4 Å². The minimum atomic E-state index is -0.0319. The average Bonchev–Trinajstić information content (AvgIpc) is 3.30. The Labute approximate surface area is 128 Å². The summed E-state index contributed by atoms with van der Waals surface area (Å²) in [6, 6.07) is 13.8. The fourth-order valence-electron chi connectivity index (χ4n) is 2.67. The minimum Gasteiger partial charge on any atom is -0.451 e. The van der Waals surface area contributed by atoms with Gasteiger partial charge in [0.1, 0.15) is 5.58 Å². The first-order chi connectivity index (χ1) is 10.8. The Hall–Kier alpha value is -2.62. The summed E-state index contributed by atoms with van der Waals surface area (Å²) in [7, 11) is 0. The van der Waals surface area contributed by atoms with E-state index in [0.717, 1.165) is 29.4 Å². The van der Waals surface area contributed by atoms with Gasteiger partial charge in [0.05, 0.1) is 0 Å². The van der Waals surface area contributed by atoms with Crippen LogP contribution in [-0.2, 0) is 6.54 Å². The topological polar surface area (TPSA) is 46.3 Å². The summed E-state index contributed by atoms with van der Waals surface area (Å²) in [5, 5.41) is 0.963. The molecule has 0 aliphatic heterocycles. The molecule has 0 bridgehead atoms. The number of carbonyl (C=O) groups excluding carboxylic acids is 1. The highest BCUT2D eigenvalue weighted by atomic mass is 16.3. The van der Waals surface area contributed by atoms with Gasteiger partial charge in [-0.1, -0.05) is 18.2 Å². The van der Waals surface area contributed by atoms with E-state index < -0.39 is 0 Å². The number of fused-ring (bicyclic) bond motifs is 1. The number of amides is 1. The number of nitrogens with zero attached hydrogens (tertiary/aromatic N) is 2. The number of rotatable bonds is 4. The predicted molar refractivity (Wildman–Crippen MR) is 83.3 cm³/mol. The van der Waals surface area contributed by atoms with Crippen molar-refractivity contribution in [2.24, 2.45) is 0 Å². The summed E-state index contributed by atoms with van der Waals surface area (Å²) in [4.78, 5) is 18.7. The van der Waals surface area contributed by atoms with Crippen molar-refractivity contribution < 1.29 is 9.21 Å². The van der Waals surface area contributed by atoms with Crippen molar-refractivity contribution in [1.82, 2.24) is 9.88 Å². The number of para-hydroxylation sites is 1. The van der Waals surface area contributed by atoms with Gasteiger partial charge in [-0.15, -0.1) is 0 Å². The Kier molecular flexibility index (Phi) is 3.15. The van der Waals surface area contributed by atoms with Gasteiger partial charge in [0.15, 0.2) is 5.76 Å². The lowest BCUT2D eigenvalue weighted by Gasteiger charge is -2.21. The zero-order valence-electron chi connectivity index (χ0n) is 12.1. The van der Waals surface area contributed by atoms with Crippen molar-refractivity contribution in [3.63, 3.8) is 0 Å². The van der Waals surface area contributed by atoms with Gasteiger partial charge in [-0.3, -0.25) is 9.78 Å². The molecule has 1 aliphatic rings. The number of aromatic nitrogens is 1. The monoisotopic (exact) mass is 292 g/mol. The number of furan rings is 1. The first-order valence-corrected chi connectivity index (χ1v) is 7.50. The highest BCUT2D eigenvalue weighted by Crippen LogP contribution is 2.31. The van der Waals surface area contributed by atoms with Crippen molar-refractivity contribution >= 4 is 16.9 Å². The molecule has 1 amide bonds. The molecule has 0 atom stereocenters. The van der Waals surface area contributed by atoms with Crippen LogP contribution in [0.5, 0.6) is 0 Å². The summed E-state index contributed by atoms with van der Waals surface area (Å²) < 4.78 is 5.72. The molecule has 1 saturated carbocycles. The first kappa shape index (κ1) is 13.1. The van der Waals surface area contributed by atoms with Crippen LogP contribution in [0.15, 0.2) is 59.3 Å². The smallest absolute Gasteiger partial charge is 0.290 e. The normalized spacial score (nSPS) is 14.2. The Bertz CT molecular complexity index is 773. The maximum Gasteiger partial charge on any atom is 0.290 e. The molecule has 4 rings (SSSR count). The van der Waals surface area contributed by atoms with E-state index in [4.69, 9.17) is 4.42 Å². The van der Waals surface area contributed by atoms with Gasteiger partial charge in [-0.2, -0.15) is 0 Å². The van der Waals surface area contributed by atoms with Gasteiger partial charge in [-0.05, 0) is 42.7 Å². The third-order valence-corrected chi connectivity index (χ3v) is 3.99. The fourth-order valence-corrected chi connectivity index (χ4v) is 2.67. The molecule has 0 spiro atoms. The van der Waals surface area contributed by atoms with E-state index in [-0.39, 0.29) is 5.91 Å². The molecule has 0 N–H and O–H groups in total. The molecule has 4 heteroatoms. The van der Waals surface area contributed by atoms with E-state index in [9.17, 15) is 4.79 Å². The minimum absolute atomic E-state index is 0.0319. The highest BCUT2D eigenvalue weighted by Gasteiger charge is 2.34. The second-order valence-electron chi connectivity index (χ2n) is 5.67. The van der Waals surface area contributed by atoms with E-state index in [1.54, 1.807) is 12.4 Å². The molecule has 0 saturated heterocycles. The van der Waals surface area contributed by atoms with Crippen molar-refractivity contribution in [3.05, 3.63) is 66.2 Å². The predicted octanol–water partition coefficient (Wildman–Crippen LogP) is 3.63. The lowest BCUT2D eigenvalue weighted by atomic mass is 10.2. The molecule has 2 aromatic heterocycles. The van der Waals surface area contributed by atoms with Crippen LogP contribution in [-0.4, -0.2) is 21.8 Å². The largest absolute Gasteiger partial charge is 0.451 e. The molecule has 0 unspecified atom stereocenters. The molecule has 2 heterocycles. The van der Waals surface area contributed by atoms with Crippen molar-refractivity contribution in [1.29, 1.82) is 0 Å². The van der Waals surface area contributed by atoms with E-state index >= 15 is 0 Å². The number of carbonyl (C=O) groups is 1. The third kappa shape index (κ3) is 2.48. The summed E-state index contributed by atoms with van der Waals surface area (Å²) >= 11 is 0. The van der Waals surface area contributed by atoms with Gasteiger partial charge in [0.2, 0.25) is 0 Å². The Balaban J connectivity index is 1.63. The Morgan fingerprint density at radius 2 is 1.95 bits per heavy atom. The molecule has 3 aromatic rings. The average molecular weight is 292 g/mol. The quantitative estimate of drug-likeness (QED) is 0.737. The third-order valence-electron chi connectivity index (χ3n) is 3.99. The zero-order valence-corrected chi connectivity index (χ0v) is 12.1. The van der Waals surface area contributed by atoms with Crippen LogP contribution in [0.4, 0.5) is 0 Å². The maximum absolute atomic E-state index is 12.8. The number of benzene rings is 1. The molecular formula is C18H16N2O2. The van der Waals surface area contributed by atoms with Crippen molar-refractivity contribution in [2.45, 2.75) is 25.4 Å². The van der Waals surface area contributed by atoms with Crippen LogP contribution in [0.1, 0.15) is 29.0 Å². The molecular weight excluding hydrogens is 276 g/mol. The lowest BCUT2D eigenvalue weighted by molar-refractivity contribution is 0.0700. The van der Waals surface area contributed by atoms with Crippen LogP contribution in [0.3, 0.4) is 0 Å². The fraction of sp³-hybridized carbons (Fsp3) is 0.222. The lowest BCUT2D eigenvalue weighted by Crippen LogP contribution is -2.32. The maximum atomic E-state index is 12.8. The van der Waals surface area contributed by atoms with Crippen LogP contribution < -0.4 is 0 Å². The second kappa shape index (κ2) is 5.30. The summed E-state index contributed by atoms with van der Waals surface area (Å²) in [6.07, 6.45) is 5.65. The molecule has 0 radical (unpaired) electrons. The van der Waals surface area contributed by atoms with Crippen molar-refractivity contribution in [2.75, 3.05) is 0 Å². The first-order valence-electron chi connectivity index (χ1n) is 7.50. The van der Waals surface area contributed by atoms with E-state index in [1.807, 2.05) is 47.4 Å². The molecule has 4 nitrogen and oxygen atoms in total. The SMILES string of the molecule is O=C(c1cc2ccccc2o1)N(Cc1ccncc1)C1CC1. The number of hydrogen-bond acceptors (Lipinski definition) is 3. The van der Waals surface area contributed by atoms with Crippen LogP contribution in [0.25, 0.3) is 11.0 Å². The van der Waals surface area contributed by atoms with Gasteiger partial charge >= 0.3 is 0 Å². The highest BCUT2D eigenvalue weighted by molar-refractivity contribution is 5.96. The molecule has 1 aromatic carbocycles. The Morgan fingerprint density at radius 1 is 1.18 bits per heavy atom. The van der Waals surface area contributed by atoms with E-state index in [2.05, 4.69) is 4.98 Å². The summed E-state index contributed by atoms with van der Waals surface area (Å²) in [5.74, 6) is 0.387. The molecule has 110 valence electrons. The number of hydrogen-bond donors (Lipinski definition) is 0. The van der Waals surface area contributed by atoms with Crippen molar-refractivity contribution in [3.8, 4) is 0 Å². The van der Waals surface area contributed by atoms with Crippen LogP contribution >= 0.6 is 0 Å². The van der Waals surface area contributed by atoms with Gasteiger partial charge < -0.3 is 9.32 Å².